The lowest BCUT2D eigenvalue weighted by atomic mass is 10.3. The summed E-state index contributed by atoms with van der Waals surface area (Å²) < 4.78 is 16.0. The standard InChI is InChI=1S/C10H13BrN2OS/c1-10(2,3)15(14)13-7-8-4-5-9(11)12-6-8/h4-7H,1-3H3/t15-/m1/s1. The molecular weight excluding hydrogens is 276 g/mol. The Bertz CT molecular complexity index is 345. The topological polar surface area (TPSA) is 48.3 Å². The fourth-order valence-electron chi connectivity index (χ4n) is 0.730. The van der Waals surface area contributed by atoms with E-state index in [0.29, 0.717) is 0 Å². The van der Waals surface area contributed by atoms with Gasteiger partial charge in [-0.05, 0) is 48.8 Å². The molecule has 0 fully saturated rings. The largest absolute Gasteiger partial charge is 0.591 e. The molecule has 15 heavy (non-hydrogen) atoms. The van der Waals surface area contributed by atoms with E-state index in [2.05, 4.69) is 25.3 Å². The summed E-state index contributed by atoms with van der Waals surface area (Å²) in [7, 11) is 0. The Morgan fingerprint density at radius 2 is 2.13 bits per heavy atom. The van der Waals surface area contributed by atoms with Gasteiger partial charge in [0.2, 0.25) is 0 Å². The van der Waals surface area contributed by atoms with E-state index in [0.717, 1.165) is 10.2 Å². The number of pyridine rings is 1. The lowest BCUT2D eigenvalue weighted by Gasteiger charge is -2.17. The molecule has 1 rings (SSSR count). The summed E-state index contributed by atoms with van der Waals surface area (Å²) in [5.41, 5.74) is 0.843. The molecule has 0 aliphatic carbocycles. The molecule has 1 heterocycles. The monoisotopic (exact) mass is 288 g/mol. The third-order valence-electron chi connectivity index (χ3n) is 1.57. The van der Waals surface area contributed by atoms with Crippen molar-refractivity contribution in [3.8, 4) is 0 Å². The molecule has 3 nitrogen and oxygen atoms in total. The van der Waals surface area contributed by atoms with E-state index in [1.54, 1.807) is 12.4 Å². The fourth-order valence-corrected chi connectivity index (χ4v) is 1.50. The van der Waals surface area contributed by atoms with Crippen molar-refractivity contribution in [3.63, 3.8) is 0 Å². The number of aromatic nitrogens is 1. The second kappa shape index (κ2) is 5.09. The predicted octanol–water partition coefficient (Wildman–Crippen LogP) is 2.73. The summed E-state index contributed by atoms with van der Waals surface area (Å²) in [5.74, 6) is 0. The summed E-state index contributed by atoms with van der Waals surface area (Å²) in [6.45, 7) is 5.67. The highest BCUT2D eigenvalue weighted by molar-refractivity contribution is 9.10. The molecular formula is C10H13BrN2OS. The molecule has 0 radical (unpaired) electrons. The zero-order valence-electron chi connectivity index (χ0n) is 8.90. The van der Waals surface area contributed by atoms with Gasteiger partial charge >= 0.3 is 0 Å². The summed E-state index contributed by atoms with van der Waals surface area (Å²) >= 11 is 2.03. The quantitative estimate of drug-likeness (QED) is 0.477. The van der Waals surface area contributed by atoms with Crippen LogP contribution < -0.4 is 0 Å². The molecule has 1 aromatic rings. The molecule has 0 N–H and O–H groups in total. The molecule has 0 aliphatic heterocycles. The van der Waals surface area contributed by atoms with Crippen molar-refractivity contribution >= 4 is 33.5 Å². The molecule has 82 valence electrons. The first-order valence-corrected chi connectivity index (χ1v) is 6.37. The first-order valence-electron chi connectivity index (χ1n) is 4.47. The molecule has 0 aliphatic rings. The van der Waals surface area contributed by atoms with E-state index in [1.165, 1.54) is 0 Å². The zero-order valence-corrected chi connectivity index (χ0v) is 11.3. The van der Waals surface area contributed by atoms with E-state index in [-0.39, 0.29) is 4.75 Å². The Morgan fingerprint density at radius 3 is 2.60 bits per heavy atom. The predicted molar refractivity (Wildman–Crippen MR) is 67.4 cm³/mol. The number of nitrogens with zero attached hydrogens (tertiary/aromatic N) is 2. The second-order valence-corrected chi connectivity index (χ2v) is 6.76. The van der Waals surface area contributed by atoms with E-state index < -0.39 is 11.4 Å². The molecule has 0 aromatic carbocycles. The molecule has 0 saturated carbocycles. The van der Waals surface area contributed by atoms with Gasteiger partial charge in [-0.2, -0.15) is 0 Å². The van der Waals surface area contributed by atoms with Gasteiger partial charge in [0.25, 0.3) is 0 Å². The Morgan fingerprint density at radius 1 is 1.47 bits per heavy atom. The van der Waals surface area contributed by atoms with Crippen molar-refractivity contribution in [2.75, 3.05) is 0 Å². The van der Waals surface area contributed by atoms with Crippen LogP contribution in [0.15, 0.2) is 27.3 Å². The van der Waals surface area contributed by atoms with Crippen molar-refractivity contribution < 1.29 is 4.55 Å². The second-order valence-electron chi connectivity index (χ2n) is 4.01. The minimum Gasteiger partial charge on any atom is -0.591 e. The van der Waals surface area contributed by atoms with Gasteiger partial charge in [-0.15, -0.1) is 0 Å². The lowest BCUT2D eigenvalue weighted by molar-refractivity contribution is 0.562. The fraction of sp³-hybridized carbons (Fsp3) is 0.400. The van der Waals surface area contributed by atoms with Crippen LogP contribution in [0.1, 0.15) is 26.3 Å². The van der Waals surface area contributed by atoms with E-state index in [1.807, 2.05) is 32.9 Å². The summed E-state index contributed by atoms with van der Waals surface area (Å²) in [6.07, 6.45) is 3.26. The van der Waals surface area contributed by atoms with Crippen LogP contribution in [0.2, 0.25) is 0 Å². The van der Waals surface area contributed by atoms with Crippen molar-refractivity contribution in [2.45, 2.75) is 25.5 Å². The maximum absolute atomic E-state index is 11.6. The normalized spacial score (nSPS) is 14.5. The van der Waals surface area contributed by atoms with Gasteiger partial charge in [-0.25, -0.2) is 4.98 Å². The third kappa shape index (κ3) is 4.32. The summed E-state index contributed by atoms with van der Waals surface area (Å²) in [6, 6.07) is 3.68. The Hall–Kier alpha value is -0.390. The lowest BCUT2D eigenvalue weighted by Crippen LogP contribution is -2.25. The number of hydrogen-bond acceptors (Lipinski definition) is 3. The molecule has 0 saturated heterocycles. The SMILES string of the molecule is CC(C)(C)[S@@+]([O-])N=Cc1ccc(Br)nc1. The van der Waals surface area contributed by atoms with Crippen molar-refractivity contribution in [2.24, 2.45) is 4.40 Å². The van der Waals surface area contributed by atoms with Gasteiger partial charge in [-0.3, -0.25) is 0 Å². The van der Waals surface area contributed by atoms with Crippen LogP contribution in [0, 0.1) is 0 Å². The average Bonchev–Trinajstić information content (AvgIpc) is 2.15. The Kier molecular flexibility index (Phi) is 4.31. The van der Waals surface area contributed by atoms with Gasteiger partial charge in [-0.1, -0.05) is 4.40 Å². The smallest absolute Gasteiger partial charge is 0.144 e. The van der Waals surface area contributed by atoms with Crippen LogP contribution in [0.4, 0.5) is 0 Å². The minimum absolute atomic E-state index is 0.320. The van der Waals surface area contributed by atoms with Gasteiger partial charge in [0.15, 0.2) is 0 Å². The van der Waals surface area contributed by atoms with Crippen molar-refractivity contribution in [3.05, 3.63) is 28.5 Å². The maximum atomic E-state index is 11.6. The highest BCUT2D eigenvalue weighted by atomic mass is 79.9. The Labute approximate surface area is 101 Å². The molecule has 1 aromatic heterocycles. The molecule has 0 spiro atoms. The van der Waals surface area contributed by atoms with Crippen molar-refractivity contribution in [1.29, 1.82) is 0 Å². The minimum atomic E-state index is -1.21. The first-order chi connectivity index (χ1) is 6.89. The summed E-state index contributed by atoms with van der Waals surface area (Å²) in [5, 5.41) is 0. The molecule has 1 atom stereocenters. The van der Waals surface area contributed by atoms with E-state index in [4.69, 9.17) is 0 Å². The van der Waals surface area contributed by atoms with Crippen molar-refractivity contribution in [1.82, 2.24) is 4.98 Å². The maximum Gasteiger partial charge on any atom is 0.144 e. The Balaban J connectivity index is 2.70. The molecule has 0 unspecified atom stereocenters. The molecule has 0 bridgehead atoms. The average molecular weight is 289 g/mol. The van der Waals surface area contributed by atoms with Gasteiger partial charge < -0.3 is 4.55 Å². The van der Waals surface area contributed by atoms with Crippen LogP contribution in [0.3, 0.4) is 0 Å². The van der Waals surface area contributed by atoms with E-state index in [9.17, 15) is 4.55 Å². The van der Waals surface area contributed by atoms with E-state index >= 15 is 0 Å². The van der Waals surface area contributed by atoms with Gasteiger partial charge in [0, 0.05) is 11.8 Å². The summed E-state index contributed by atoms with van der Waals surface area (Å²) in [4.78, 5) is 4.05. The van der Waals surface area contributed by atoms with Crippen LogP contribution in [0.5, 0.6) is 0 Å². The van der Waals surface area contributed by atoms with Crippen LogP contribution >= 0.6 is 15.9 Å². The van der Waals surface area contributed by atoms with Crippen LogP contribution in [-0.4, -0.2) is 20.5 Å². The van der Waals surface area contributed by atoms with Gasteiger partial charge in [0.05, 0.1) is 6.21 Å². The van der Waals surface area contributed by atoms with Gasteiger partial charge in [0.1, 0.15) is 20.7 Å². The van der Waals surface area contributed by atoms with Crippen LogP contribution in [-0.2, 0) is 11.4 Å². The number of rotatable bonds is 2. The van der Waals surface area contributed by atoms with Crippen LogP contribution in [0.25, 0.3) is 0 Å². The molecule has 5 heteroatoms. The molecule has 0 amide bonds. The highest BCUT2D eigenvalue weighted by Gasteiger charge is 2.25. The highest BCUT2D eigenvalue weighted by Crippen LogP contribution is 2.16. The number of hydrogen-bond donors (Lipinski definition) is 0. The third-order valence-corrected chi connectivity index (χ3v) is 3.39. The first kappa shape index (κ1) is 12.7. The zero-order chi connectivity index (χ0) is 11.5. The number of halogens is 1.